The van der Waals surface area contributed by atoms with Crippen LogP contribution in [0.1, 0.15) is 49.5 Å². The first-order valence-corrected chi connectivity index (χ1v) is 7.81. The van der Waals surface area contributed by atoms with Crippen molar-refractivity contribution in [1.29, 1.82) is 5.26 Å². The normalized spacial score (nSPS) is 26.6. The van der Waals surface area contributed by atoms with Gasteiger partial charge in [0.1, 0.15) is 23.3 Å². The maximum Gasteiger partial charge on any atom is 0.184 e. The predicted molar refractivity (Wildman–Crippen MR) is 75.8 cm³/mol. The van der Waals surface area contributed by atoms with Crippen LogP contribution in [-0.4, -0.2) is 13.2 Å². The van der Waals surface area contributed by atoms with Crippen molar-refractivity contribution in [3.63, 3.8) is 0 Å². The van der Waals surface area contributed by atoms with Gasteiger partial charge in [0, 0.05) is 11.5 Å². The molecule has 118 valence electrons. The van der Waals surface area contributed by atoms with Crippen LogP contribution in [0.2, 0.25) is 0 Å². The molecule has 1 heterocycles. The Hall–Kier alpha value is -1.51. The molecule has 0 aromatic heterocycles. The van der Waals surface area contributed by atoms with Crippen LogP contribution in [0.5, 0.6) is 0 Å². The zero-order valence-corrected chi connectivity index (χ0v) is 12.4. The summed E-state index contributed by atoms with van der Waals surface area (Å²) in [6.45, 7) is 1.11. The van der Waals surface area contributed by atoms with Gasteiger partial charge in [-0.05, 0) is 18.1 Å². The highest BCUT2D eigenvalue weighted by Crippen LogP contribution is 2.35. The zero-order chi connectivity index (χ0) is 15.5. The first-order valence-electron chi connectivity index (χ1n) is 7.81. The van der Waals surface area contributed by atoms with E-state index in [2.05, 4.69) is 0 Å². The summed E-state index contributed by atoms with van der Waals surface area (Å²) in [5, 5.41) is 8.69. The van der Waals surface area contributed by atoms with Gasteiger partial charge in [-0.15, -0.1) is 0 Å². The molecule has 0 bridgehead atoms. The van der Waals surface area contributed by atoms with Crippen molar-refractivity contribution in [1.82, 2.24) is 0 Å². The Kier molecular flexibility index (Phi) is 4.70. The summed E-state index contributed by atoms with van der Waals surface area (Å²) in [6.07, 6.45) is 5.49. The minimum atomic E-state index is -0.876. The van der Waals surface area contributed by atoms with Gasteiger partial charge in [-0.25, -0.2) is 8.78 Å². The van der Waals surface area contributed by atoms with Gasteiger partial charge < -0.3 is 9.47 Å². The first-order chi connectivity index (χ1) is 10.7. The summed E-state index contributed by atoms with van der Waals surface area (Å²) in [6, 6.07) is 3.75. The number of nitrogens with zero attached hydrogens (tertiary/aromatic N) is 1. The molecule has 0 amide bonds. The Bertz CT molecular complexity index is 548. The van der Waals surface area contributed by atoms with Crippen molar-refractivity contribution in [2.24, 2.45) is 11.8 Å². The minimum absolute atomic E-state index is 0.288. The highest BCUT2D eigenvalue weighted by atomic mass is 19.1. The lowest BCUT2D eigenvalue weighted by atomic mass is 9.80. The van der Waals surface area contributed by atoms with Gasteiger partial charge in [0.2, 0.25) is 0 Å². The van der Waals surface area contributed by atoms with E-state index in [1.54, 1.807) is 0 Å². The van der Waals surface area contributed by atoms with Gasteiger partial charge >= 0.3 is 0 Å². The van der Waals surface area contributed by atoms with E-state index in [4.69, 9.17) is 14.7 Å². The number of nitriles is 1. The molecule has 1 saturated heterocycles. The third-order valence-corrected chi connectivity index (χ3v) is 4.69. The minimum Gasteiger partial charge on any atom is -0.348 e. The second-order valence-electron chi connectivity index (χ2n) is 6.13. The van der Waals surface area contributed by atoms with Crippen LogP contribution < -0.4 is 0 Å². The standard InChI is InChI=1S/C17H19F2NO2/c18-15-6-12(7-16(19)14(15)8-20)17-21-9-13(10-22-17)11-4-2-1-3-5-11/h6-7,11,13,17H,1-5,9-10H2. The third kappa shape index (κ3) is 3.13. The van der Waals surface area contributed by atoms with Gasteiger partial charge in [0.05, 0.1) is 13.2 Å². The van der Waals surface area contributed by atoms with Crippen LogP contribution in [0, 0.1) is 34.8 Å². The Balaban J connectivity index is 1.65. The summed E-state index contributed by atoms with van der Waals surface area (Å²) in [7, 11) is 0. The van der Waals surface area contributed by atoms with Gasteiger partial charge in [-0.3, -0.25) is 0 Å². The van der Waals surface area contributed by atoms with E-state index in [1.807, 2.05) is 0 Å². The van der Waals surface area contributed by atoms with Crippen LogP contribution in [0.25, 0.3) is 0 Å². The summed E-state index contributed by atoms with van der Waals surface area (Å²) in [5.74, 6) is -0.757. The number of hydrogen-bond donors (Lipinski definition) is 0. The molecule has 0 unspecified atom stereocenters. The lowest BCUT2D eigenvalue weighted by molar-refractivity contribution is -0.214. The van der Waals surface area contributed by atoms with E-state index in [0.717, 1.165) is 12.1 Å². The summed E-state index contributed by atoms with van der Waals surface area (Å²) >= 11 is 0. The van der Waals surface area contributed by atoms with Gasteiger partial charge in [0.15, 0.2) is 6.29 Å². The van der Waals surface area contributed by atoms with Crippen LogP contribution in [0.3, 0.4) is 0 Å². The molecule has 3 nitrogen and oxygen atoms in total. The van der Waals surface area contributed by atoms with E-state index < -0.39 is 23.5 Å². The van der Waals surface area contributed by atoms with Crippen LogP contribution in [0.15, 0.2) is 12.1 Å². The molecule has 1 aromatic rings. The summed E-state index contributed by atoms with van der Waals surface area (Å²) < 4.78 is 38.7. The zero-order valence-electron chi connectivity index (χ0n) is 12.4. The molecule has 2 aliphatic rings. The predicted octanol–water partition coefficient (Wildman–Crippen LogP) is 4.08. The Morgan fingerprint density at radius 2 is 1.55 bits per heavy atom. The maximum absolute atomic E-state index is 13.7. The molecule has 2 fully saturated rings. The van der Waals surface area contributed by atoms with Crippen molar-refractivity contribution in [3.05, 3.63) is 34.9 Å². The number of halogens is 2. The highest BCUT2D eigenvalue weighted by molar-refractivity contribution is 5.35. The molecule has 5 heteroatoms. The van der Waals surface area contributed by atoms with Crippen LogP contribution >= 0.6 is 0 Å². The molecule has 3 rings (SSSR count). The molecule has 1 saturated carbocycles. The van der Waals surface area contributed by atoms with Crippen molar-refractivity contribution in [2.75, 3.05) is 13.2 Å². The molecule has 0 atom stereocenters. The fraction of sp³-hybridized carbons (Fsp3) is 0.588. The van der Waals surface area contributed by atoms with Gasteiger partial charge in [-0.1, -0.05) is 32.1 Å². The van der Waals surface area contributed by atoms with Crippen LogP contribution in [-0.2, 0) is 9.47 Å². The second-order valence-corrected chi connectivity index (χ2v) is 6.13. The fourth-order valence-corrected chi connectivity index (χ4v) is 3.42. The molecular weight excluding hydrogens is 288 g/mol. The highest BCUT2D eigenvalue weighted by Gasteiger charge is 2.31. The number of hydrogen-bond acceptors (Lipinski definition) is 3. The van der Waals surface area contributed by atoms with E-state index in [0.29, 0.717) is 25.0 Å². The van der Waals surface area contributed by atoms with Gasteiger partial charge in [0.25, 0.3) is 0 Å². The second kappa shape index (κ2) is 6.72. The first kappa shape index (κ1) is 15.4. The van der Waals surface area contributed by atoms with E-state index in [1.165, 1.54) is 38.2 Å². The van der Waals surface area contributed by atoms with Crippen molar-refractivity contribution in [2.45, 2.75) is 38.4 Å². The topological polar surface area (TPSA) is 42.2 Å². The molecule has 1 aromatic carbocycles. The Labute approximate surface area is 128 Å². The van der Waals surface area contributed by atoms with Crippen molar-refractivity contribution >= 4 is 0 Å². The lowest BCUT2D eigenvalue weighted by Crippen LogP contribution is -2.33. The Morgan fingerprint density at radius 3 is 2.09 bits per heavy atom. The van der Waals surface area contributed by atoms with Crippen LogP contribution in [0.4, 0.5) is 8.78 Å². The Morgan fingerprint density at radius 1 is 0.955 bits per heavy atom. The molecule has 22 heavy (non-hydrogen) atoms. The monoisotopic (exact) mass is 307 g/mol. The number of benzene rings is 1. The van der Waals surface area contributed by atoms with E-state index in [-0.39, 0.29) is 5.56 Å². The summed E-state index contributed by atoms with van der Waals surface area (Å²) in [4.78, 5) is 0. The van der Waals surface area contributed by atoms with Crippen molar-refractivity contribution < 1.29 is 18.3 Å². The average molecular weight is 307 g/mol. The SMILES string of the molecule is N#Cc1c(F)cc(C2OCC(C3CCCCC3)CO2)cc1F. The number of ether oxygens (including phenoxy) is 2. The number of rotatable bonds is 2. The average Bonchev–Trinajstić information content (AvgIpc) is 2.55. The fourth-order valence-electron chi connectivity index (χ4n) is 3.42. The smallest absolute Gasteiger partial charge is 0.184 e. The molecule has 0 spiro atoms. The van der Waals surface area contributed by atoms with E-state index in [9.17, 15) is 8.78 Å². The molecule has 0 N–H and O–H groups in total. The molecular formula is C17H19F2NO2. The summed E-state index contributed by atoms with van der Waals surface area (Å²) in [5.41, 5.74) is -0.282. The van der Waals surface area contributed by atoms with Gasteiger partial charge in [-0.2, -0.15) is 5.26 Å². The maximum atomic E-state index is 13.7. The van der Waals surface area contributed by atoms with Crippen molar-refractivity contribution in [3.8, 4) is 6.07 Å². The quantitative estimate of drug-likeness (QED) is 0.827. The third-order valence-electron chi connectivity index (χ3n) is 4.69. The molecule has 1 aliphatic heterocycles. The van der Waals surface area contributed by atoms with E-state index >= 15 is 0 Å². The molecule has 1 aliphatic carbocycles. The lowest BCUT2D eigenvalue weighted by Gasteiger charge is -2.36. The largest absolute Gasteiger partial charge is 0.348 e. The molecule has 0 radical (unpaired) electrons.